The molecule has 3 rings (SSSR count). The van der Waals surface area contributed by atoms with E-state index in [1.54, 1.807) is 42.7 Å². The van der Waals surface area contributed by atoms with Crippen LogP contribution in [0, 0.1) is 0 Å². The smallest absolute Gasteiger partial charge is 0.295 e. The van der Waals surface area contributed by atoms with E-state index in [2.05, 4.69) is 4.98 Å². The second-order valence-electron chi connectivity index (χ2n) is 7.61. The Morgan fingerprint density at radius 2 is 1.84 bits per heavy atom. The van der Waals surface area contributed by atoms with Crippen LogP contribution < -0.4 is 9.47 Å². The molecule has 8 heteroatoms. The van der Waals surface area contributed by atoms with Crippen molar-refractivity contribution < 1.29 is 28.9 Å². The lowest BCUT2D eigenvalue weighted by Gasteiger charge is -2.25. The van der Waals surface area contributed by atoms with Gasteiger partial charge in [-0.25, -0.2) is 0 Å². The fraction of sp³-hybridized carbons (Fsp3) is 0.375. The summed E-state index contributed by atoms with van der Waals surface area (Å²) >= 11 is 0. The number of ether oxygens (including phenoxy) is 3. The van der Waals surface area contributed by atoms with Crippen LogP contribution in [0.15, 0.2) is 48.3 Å². The summed E-state index contributed by atoms with van der Waals surface area (Å²) in [5, 5.41) is 11.2. The molecule has 0 radical (unpaired) electrons. The Bertz CT molecular complexity index is 1000. The van der Waals surface area contributed by atoms with Crippen molar-refractivity contribution >= 4 is 17.4 Å². The summed E-state index contributed by atoms with van der Waals surface area (Å²) in [6.45, 7) is 4.63. The minimum absolute atomic E-state index is 0.00875. The molecule has 1 fully saturated rings. The van der Waals surface area contributed by atoms with E-state index in [4.69, 9.17) is 14.2 Å². The van der Waals surface area contributed by atoms with Crippen LogP contribution in [0.25, 0.3) is 5.76 Å². The molecule has 1 aliphatic heterocycles. The Morgan fingerprint density at radius 1 is 1.12 bits per heavy atom. The fourth-order valence-corrected chi connectivity index (χ4v) is 3.70. The number of rotatable bonds is 9. The summed E-state index contributed by atoms with van der Waals surface area (Å²) in [6.07, 6.45) is 3.80. The normalized spacial score (nSPS) is 17.8. The number of aliphatic hydroxyl groups is 1. The zero-order valence-electron chi connectivity index (χ0n) is 18.7. The average Bonchev–Trinajstić information content (AvgIpc) is 3.06. The van der Waals surface area contributed by atoms with Gasteiger partial charge in [0.25, 0.3) is 11.7 Å². The Hall–Kier alpha value is -3.39. The minimum Gasteiger partial charge on any atom is -0.507 e. The Balaban J connectivity index is 2.06. The summed E-state index contributed by atoms with van der Waals surface area (Å²) in [4.78, 5) is 31.5. The van der Waals surface area contributed by atoms with Crippen molar-refractivity contribution in [1.29, 1.82) is 0 Å². The summed E-state index contributed by atoms with van der Waals surface area (Å²) in [5.41, 5.74) is 0.987. The van der Waals surface area contributed by atoms with E-state index in [0.717, 1.165) is 0 Å². The number of carbonyl (C=O) groups is 2. The third-order valence-corrected chi connectivity index (χ3v) is 5.22. The number of aliphatic hydroxyl groups excluding tert-OH is 1. The van der Waals surface area contributed by atoms with E-state index >= 15 is 0 Å². The number of carbonyl (C=O) groups excluding carboxylic acids is 2. The molecule has 0 aliphatic carbocycles. The maximum Gasteiger partial charge on any atom is 0.295 e. The van der Waals surface area contributed by atoms with Crippen LogP contribution >= 0.6 is 0 Å². The molecule has 8 nitrogen and oxygen atoms in total. The second-order valence-corrected chi connectivity index (χ2v) is 7.61. The molecular formula is C24H28N2O6. The van der Waals surface area contributed by atoms with Gasteiger partial charge in [-0.1, -0.05) is 0 Å². The van der Waals surface area contributed by atoms with Gasteiger partial charge in [0.05, 0.1) is 37.5 Å². The van der Waals surface area contributed by atoms with Gasteiger partial charge in [-0.3, -0.25) is 14.6 Å². The van der Waals surface area contributed by atoms with Crippen LogP contribution in [0.5, 0.6) is 11.5 Å². The van der Waals surface area contributed by atoms with Gasteiger partial charge < -0.3 is 24.2 Å². The van der Waals surface area contributed by atoms with Crippen LogP contribution in [0.2, 0.25) is 0 Å². The lowest BCUT2D eigenvalue weighted by molar-refractivity contribution is -0.140. The van der Waals surface area contributed by atoms with Crippen LogP contribution in [-0.4, -0.2) is 60.2 Å². The number of benzene rings is 1. The second kappa shape index (κ2) is 10.3. The van der Waals surface area contributed by atoms with Gasteiger partial charge in [0.2, 0.25) is 0 Å². The Labute approximate surface area is 187 Å². The van der Waals surface area contributed by atoms with E-state index < -0.39 is 17.7 Å². The number of aromatic nitrogens is 1. The summed E-state index contributed by atoms with van der Waals surface area (Å²) in [5.74, 6) is -0.843. The van der Waals surface area contributed by atoms with E-state index in [9.17, 15) is 14.7 Å². The highest BCUT2D eigenvalue weighted by molar-refractivity contribution is 6.46. The van der Waals surface area contributed by atoms with E-state index in [1.807, 2.05) is 13.8 Å². The molecule has 0 bridgehead atoms. The molecule has 1 aromatic carbocycles. The van der Waals surface area contributed by atoms with Crippen molar-refractivity contribution in [2.45, 2.75) is 32.4 Å². The molecule has 1 unspecified atom stereocenters. The van der Waals surface area contributed by atoms with Crippen molar-refractivity contribution in [1.82, 2.24) is 9.88 Å². The SMILES string of the molecule is COc1ccc(/C(O)=C2/C(=O)C(=O)N(CCCOC(C)C)C2c2ccncc2)c(OC)c1. The molecule has 1 N–H and O–H groups in total. The van der Waals surface area contributed by atoms with Gasteiger partial charge in [-0.2, -0.15) is 0 Å². The number of ketones is 1. The number of methoxy groups -OCH3 is 2. The van der Waals surface area contributed by atoms with Gasteiger partial charge >= 0.3 is 0 Å². The van der Waals surface area contributed by atoms with Crippen molar-refractivity contribution in [2.75, 3.05) is 27.4 Å². The van der Waals surface area contributed by atoms with Crippen LogP contribution in [0.1, 0.15) is 37.4 Å². The first-order chi connectivity index (χ1) is 15.4. The molecule has 32 heavy (non-hydrogen) atoms. The number of nitrogens with zero attached hydrogens (tertiary/aromatic N) is 2. The molecule has 2 heterocycles. The zero-order valence-corrected chi connectivity index (χ0v) is 18.7. The predicted molar refractivity (Wildman–Crippen MR) is 118 cm³/mol. The monoisotopic (exact) mass is 440 g/mol. The average molecular weight is 440 g/mol. The van der Waals surface area contributed by atoms with Crippen molar-refractivity contribution in [3.63, 3.8) is 0 Å². The number of Topliss-reactive ketones (excluding diaryl/α,β-unsaturated/α-hetero) is 1. The number of hydrogen-bond acceptors (Lipinski definition) is 7. The first kappa shape index (κ1) is 23.3. The Morgan fingerprint density at radius 3 is 2.47 bits per heavy atom. The number of pyridine rings is 1. The van der Waals surface area contributed by atoms with E-state index in [1.165, 1.54) is 19.1 Å². The molecule has 1 atom stereocenters. The zero-order chi connectivity index (χ0) is 23.3. The number of amides is 1. The Kier molecular flexibility index (Phi) is 7.48. The summed E-state index contributed by atoms with van der Waals surface area (Å²) in [6, 6.07) is 7.57. The molecule has 1 amide bonds. The van der Waals surface area contributed by atoms with Crippen molar-refractivity contribution in [3.8, 4) is 11.5 Å². The van der Waals surface area contributed by atoms with Crippen LogP contribution in [-0.2, 0) is 14.3 Å². The highest BCUT2D eigenvalue weighted by Gasteiger charge is 2.46. The van der Waals surface area contributed by atoms with Crippen molar-refractivity contribution in [2.24, 2.45) is 0 Å². The lowest BCUT2D eigenvalue weighted by atomic mass is 9.95. The standard InChI is InChI=1S/C24H28N2O6/c1-15(2)32-13-5-12-26-21(16-8-10-25-11-9-16)20(23(28)24(26)29)22(27)18-7-6-17(30-3)14-19(18)31-4/h6-11,14-15,21,27H,5,12-13H2,1-4H3/b22-20-. The third-order valence-electron chi connectivity index (χ3n) is 5.22. The predicted octanol–water partition coefficient (Wildman–Crippen LogP) is 3.34. The lowest BCUT2D eigenvalue weighted by Crippen LogP contribution is -2.31. The first-order valence-corrected chi connectivity index (χ1v) is 10.4. The highest BCUT2D eigenvalue weighted by Crippen LogP contribution is 2.41. The quantitative estimate of drug-likeness (QED) is 0.276. The molecule has 1 aliphatic rings. The van der Waals surface area contributed by atoms with Crippen LogP contribution in [0.3, 0.4) is 0 Å². The third kappa shape index (κ3) is 4.75. The van der Waals surface area contributed by atoms with Gasteiger partial charge in [-0.15, -0.1) is 0 Å². The van der Waals surface area contributed by atoms with Crippen molar-refractivity contribution in [3.05, 3.63) is 59.4 Å². The number of likely N-dealkylation sites (tertiary alicyclic amines) is 1. The maximum atomic E-state index is 13.1. The van der Waals surface area contributed by atoms with Crippen LogP contribution in [0.4, 0.5) is 0 Å². The fourth-order valence-electron chi connectivity index (χ4n) is 3.70. The molecule has 170 valence electrons. The van der Waals surface area contributed by atoms with E-state index in [0.29, 0.717) is 42.2 Å². The molecule has 2 aromatic rings. The molecule has 0 saturated carbocycles. The van der Waals surface area contributed by atoms with E-state index in [-0.39, 0.29) is 17.4 Å². The van der Waals surface area contributed by atoms with Gasteiger partial charge in [0, 0.05) is 31.6 Å². The highest BCUT2D eigenvalue weighted by atomic mass is 16.5. The minimum atomic E-state index is -0.746. The van der Waals surface area contributed by atoms with Gasteiger partial charge in [-0.05, 0) is 50.1 Å². The summed E-state index contributed by atoms with van der Waals surface area (Å²) in [7, 11) is 2.98. The van der Waals surface area contributed by atoms with Gasteiger partial charge in [0.1, 0.15) is 17.3 Å². The van der Waals surface area contributed by atoms with Gasteiger partial charge in [0.15, 0.2) is 0 Å². The maximum absolute atomic E-state index is 13.1. The molecule has 1 aromatic heterocycles. The molecule has 0 spiro atoms. The molecule has 1 saturated heterocycles. The first-order valence-electron chi connectivity index (χ1n) is 10.4. The number of hydrogen-bond donors (Lipinski definition) is 1. The largest absolute Gasteiger partial charge is 0.507 e. The topological polar surface area (TPSA) is 98.2 Å². The molecular weight excluding hydrogens is 412 g/mol. The summed E-state index contributed by atoms with van der Waals surface area (Å²) < 4.78 is 16.2.